The number of hydrogen-bond donors (Lipinski definition) is 1. The van der Waals surface area contributed by atoms with Crippen LogP contribution in [0.4, 0.5) is 4.79 Å². The first-order valence-electron chi connectivity index (χ1n) is 6.54. The normalized spacial score (nSPS) is 27.1. The van der Waals surface area contributed by atoms with Gasteiger partial charge in [0.25, 0.3) is 0 Å². The minimum absolute atomic E-state index is 0.0919. The van der Waals surface area contributed by atoms with Gasteiger partial charge >= 0.3 is 6.09 Å². The van der Waals surface area contributed by atoms with Crippen molar-refractivity contribution in [3.8, 4) is 0 Å². The Labute approximate surface area is 103 Å². The van der Waals surface area contributed by atoms with Gasteiger partial charge in [-0.1, -0.05) is 0 Å². The van der Waals surface area contributed by atoms with E-state index in [9.17, 15) is 4.79 Å². The summed E-state index contributed by atoms with van der Waals surface area (Å²) in [6, 6.07) is 0. The van der Waals surface area contributed by atoms with E-state index in [2.05, 4.69) is 0 Å². The molecule has 1 heterocycles. The van der Waals surface area contributed by atoms with Crippen LogP contribution in [-0.2, 0) is 4.74 Å². The Morgan fingerprint density at radius 2 is 2.12 bits per heavy atom. The van der Waals surface area contributed by atoms with Crippen LogP contribution in [0, 0.1) is 5.92 Å². The molecule has 1 saturated heterocycles. The van der Waals surface area contributed by atoms with Gasteiger partial charge in [0.1, 0.15) is 5.60 Å². The molecule has 98 valence electrons. The van der Waals surface area contributed by atoms with E-state index < -0.39 is 5.60 Å². The van der Waals surface area contributed by atoms with Crippen molar-refractivity contribution in [1.29, 1.82) is 0 Å². The summed E-state index contributed by atoms with van der Waals surface area (Å²) in [6.07, 6.45) is 4.25. The molecule has 0 bridgehead atoms. The van der Waals surface area contributed by atoms with Gasteiger partial charge in [-0.15, -0.1) is 0 Å². The Morgan fingerprint density at radius 3 is 2.65 bits per heavy atom. The maximum atomic E-state index is 11.9. The summed E-state index contributed by atoms with van der Waals surface area (Å²) < 4.78 is 5.37. The molecule has 1 amide bonds. The van der Waals surface area contributed by atoms with Crippen molar-refractivity contribution in [3.05, 3.63) is 0 Å². The second-order valence-corrected chi connectivity index (χ2v) is 6.65. The summed E-state index contributed by atoms with van der Waals surface area (Å²) in [4.78, 5) is 13.7. The first-order chi connectivity index (χ1) is 7.77. The van der Waals surface area contributed by atoms with Crippen LogP contribution in [0.25, 0.3) is 0 Å². The number of likely N-dealkylation sites (tertiary alicyclic amines) is 1. The van der Waals surface area contributed by atoms with Crippen LogP contribution in [0.5, 0.6) is 0 Å². The molecule has 1 aliphatic heterocycles. The number of nitrogens with zero attached hydrogens (tertiary/aromatic N) is 1. The lowest BCUT2D eigenvalue weighted by atomic mass is 9.98. The summed E-state index contributed by atoms with van der Waals surface area (Å²) >= 11 is 0. The van der Waals surface area contributed by atoms with E-state index >= 15 is 0 Å². The number of amides is 1. The summed E-state index contributed by atoms with van der Waals surface area (Å²) in [5, 5.41) is 0. The van der Waals surface area contributed by atoms with E-state index in [0.29, 0.717) is 5.92 Å². The van der Waals surface area contributed by atoms with Crippen molar-refractivity contribution in [2.24, 2.45) is 11.7 Å². The van der Waals surface area contributed by atoms with E-state index in [4.69, 9.17) is 10.5 Å². The van der Waals surface area contributed by atoms with Gasteiger partial charge in [0, 0.05) is 18.6 Å². The lowest BCUT2D eigenvalue weighted by Gasteiger charge is -2.24. The van der Waals surface area contributed by atoms with Gasteiger partial charge in [-0.05, 0) is 52.4 Å². The summed E-state index contributed by atoms with van der Waals surface area (Å²) in [5.41, 5.74) is 5.80. The van der Waals surface area contributed by atoms with E-state index in [0.717, 1.165) is 38.8 Å². The van der Waals surface area contributed by atoms with Crippen LogP contribution >= 0.6 is 0 Å². The molecule has 0 spiro atoms. The third kappa shape index (κ3) is 3.60. The highest BCUT2D eigenvalue weighted by atomic mass is 16.6. The number of carbonyl (C=O) groups excluding carboxylic acids is 1. The van der Waals surface area contributed by atoms with Crippen LogP contribution < -0.4 is 5.73 Å². The average Bonchev–Trinajstić information content (AvgIpc) is 2.72. The molecular weight excluding hydrogens is 216 g/mol. The maximum absolute atomic E-state index is 11.9. The van der Waals surface area contributed by atoms with Crippen LogP contribution in [-0.4, -0.2) is 35.2 Å². The second-order valence-electron chi connectivity index (χ2n) is 6.65. The highest BCUT2D eigenvalue weighted by Gasteiger charge is 2.42. The van der Waals surface area contributed by atoms with Crippen molar-refractivity contribution >= 4 is 6.09 Å². The Balaban J connectivity index is 1.79. The Kier molecular flexibility index (Phi) is 3.10. The fraction of sp³-hybridized carbons (Fsp3) is 0.923. The molecule has 1 saturated carbocycles. The minimum atomic E-state index is -0.402. The van der Waals surface area contributed by atoms with Crippen molar-refractivity contribution in [2.75, 3.05) is 13.1 Å². The quantitative estimate of drug-likeness (QED) is 0.804. The van der Waals surface area contributed by atoms with Crippen LogP contribution in [0.2, 0.25) is 0 Å². The van der Waals surface area contributed by atoms with E-state index in [1.807, 2.05) is 25.7 Å². The molecule has 0 radical (unpaired) electrons. The molecule has 0 aromatic carbocycles. The van der Waals surface area contributed by atoms with Crippen LogP contribution in [0.3, 0.4) is 0 Å². The van der Waals surface area contributed by atoms with Crippen molar-refractivity contribution in [3.63, 3.8) is 0 Å². The van der Waals surface area contributed by atoms with Gasteiger partial charge in [-0.2, -0.15) is 0 Å². The molecule has 4 heteroatoms. The summed E-state index contributed by atoms with van der Waals surface area (Å²) in [7, 11) is 0. The van der Waals surface area contributed by atoms with Gasteiger partial charge in [0.2, 0.25) is 0 Å². The van der Waals surface area contributed by atoms with Crippen LogP contribution in [0.15, 0.2) is 0 Å². The number of hydrogen-bond acceptors (Lipinski definition) is 3. The van der Waals surface area contributed by atoms with Crippen LogP contribution in [0.1, 0.15) is 46.5 Å². The predicted octanol–water partition coefficient (Wildman–Crippen LogP) is 2.12. The number of carbonyl (C=O) groups is 1. The van der Waals surface area contributed by atoms with E-state index in [1.54, 1.807) is 0 Å². The first-order valence-corrected chi connectivity index (χ1v) is 6.54. The number of ether oxygens (including phenoxy) is 1. The number of nitrogens with two attached hydrogens (primary N) is 1. The summed E-state index contributed by atoms with van der Waals surface area (Å²) in [6.45, 7) is 7.33. The molecular formula is C13H24N2O2. The number of rotatable bonds is 2. The molecule has 0 aromatic rings. The molecule has 0 aromatic heterocycles. The monoisotopic (exact) mass is 240 g/mol. The lowest BCUT2D eigenvalue weighted by Crippen LogP contribution is -2.36. The van der Waals surface area contributed by atoms with Gasteiger partial charge in [-0.3, -0.25) is 0 Å². The maximum Gasteiger partial charge on any atom is 0.410 e. The SMILES string of the molecule is CC(C)(C)OC(=O)N1CCC(CC2(N)CC2)C1. The Bertz CT molecular complexity index is 305. The Hall–Kier alpha value is -0.770. The zero-order valence-electron chi connectivity index (χ0n) is 11.2. The van der Waals surface area contributed by atoms with Gasteiger partial charge in [-0.25, -0.2) is 4.79 Å². The molecule has 4 nitrogen and oxygen atoms in total. The van der Waals surface area contributed by atoms with Crippen molar-refractivity contribution < 1.29 is 9.53 Å². The zero-order chi connectivity index (χ0) is 12.7. The Morgan fingerprint density at radius 1 is 1.47 bits per heavy atom. The van der Waals surface area contributed by atoms with Crippen molar-refractivity contribution in [2.45, 2.75) is 57.6 Å². The van der Waals surface area contributed by atoms with Gasteiger partial charge in [0.05, 0.1) is 0 Å². The molecule has 2 rings (SSSR count). The van der Waals surface area contributed by atoms with E-state index in [-0.39, 0.29) is 11.6 Å². The molecule has 2 aliphatic rings. The fourth-order valence-corrected chi connectivity index (χ4v) is 2.43. The minimum Gasteiger partial charge on any atom is -0.444 e. The zero-order valence-corrected chi connectivity index (χ0v) is 11.2. The lowest BCUT2D eigenvalue weighted by molar-refractivity contribution is 0.0287. The second kappa shape index (κ2) is 4.16. The van der Waals surface area contributed by atoms with Crippen molar-refractivity contribution in [1.82, 2.24) is 4.90 Å². The largest absolute Gasteiger partial charge is 0.444 e. The third-order valence-corrected chi connectivity index (χ3v) is 3.52. The molecule has 1 atom stereocenters. The topological polar surface area (TPSA) is 55.6 Å². The smallest absolute Gasteiger partial charge is 0.410 e. The molecule has 2 fully saturated rings. The predicted molar refractivity (Wildman–Crippen MR) is 66.7 cm³/mol. The highest BCUT2D eigenvalue weighted by molar-refractivity contribution is 5.68. The standard InChI is InChI=1S/C13H24N2O2/c1-12(2,3)17-11(16)15-7-4-10(9-15)8-13(14)5-6-13/h10H,4-9,14H2,1-3H3. The molecule has 1 aliphatic carbocycles. The summed E-state index contributed by atoms with van der Waals surface area (Å²) in [5.74, 6) is 0.565. The van der Waals surface area contributed by atoms with Gasteiger partial charge < -0.3 is 15.4 Å². The highest BCUT2D eigenvalue weighted by Crippen LogP contribution is 2.40. The van der Waals surface area contributed by atoms with E-state index in [1.165, 1.54) is 0 Å². The molecule has 17 heavy (non-hydrogen) atoms. The van der Waals surface area contributed by atoms with Gasteiger partial charge in [0.15, 0.2) is 0 Å². The molecule has 1 unspecified atom stereocenters. The first kappa shape index (κ1) is 12.7. The third-order valence-electron chi connectivity index (χ3n) is 3.52. The molecule has 2 N–H and O–H groups in total. The fourth-order valence-electron chi connectivity index (χ4n) is 2.43. The average molecular weight is 240 g/mol.